The topological polar surface area (TPSA) is 58.2 Å². The lowest BCUT2D eigenvalue weighted by Crippen LogP contribution is -2.50. The van der Waals surface area contributed by atoms with E-state index in [1.807, 2.05) is 0 Å². The van der Waals surface area contributed by atoms with Crippen LogP contribution in [0.1, 0.15) is 38.7 Å². The molecule has 2 N–H and O–H groups in total. The van der Waals surface area contributed by atoms with Gasteiger partial charge in [0, 0.05) is 17.6 Å². The third kappa shape index (κ3) is 3.41. The third-order valence-electron chi connectivity index (χ3n) is 3.83. The van der Waals surface area contributed by atoms with Crippen molar-refractivity contribution in [3.05, 3.63) is 29.3 Å². The number of benzene rings is 1. The van der Waals surface area contributed by atoms with Crippen molar-refractivity contribution in [1.82, 2.24) is 10.0 Å². The quantitative estimate of drug-likeness (QED) is 0.846. The van der Waals surface area contributed by atoms with Crippen molar-refractivity contribution in [3.63, 3.8) is 0 Å². The molecule has 0 heterocycles. The van der Waals surface area contributed by atoms with Crippen molar-refractivity contribution in [1.29, 1.82) is 0 Å². The summed E-state index contributed by atoms with van der Waals surface area (Å²) < 4.78 is 55.1. The predicted molar refractivity (Wildman–Crippen MR) is 76.3 cm³/mol. The number of hydrogen-bond acceptors (Lipinski definition) is 3. The molecule has 0 aliphatic heterocycles. The summed E-state index contributed by atoms with van der Waals surface area (Å²) in [6.07, 6.45) is 2.38. The lowest BCUT2D eigenvalue weighted by atomic mass is 9.80. The summed E-state index contributed by atoms with van der Waals surface area (Å²) in [6.45, 7) is 4.07. The van der Waals surface area contributed by atoms with Crippen LogP contribution in [0.2, 0.25) is 0 Å². The van der Waals surface area contributed by atoms with E-state index >= 15 is 0 Å². The Hall–Kier alpha value is -1.05. The Morgan fingerprint density at radius 1 is 1.29 bits per heavy atom. The summed E-state index contributed by atoms with van der Waals surface area (Å²) in [7, 11) is -3.99. The number of sulfonamides is 1. The fraction of sp³-hybridized carbons (Fsp3) is 0.571. The van der Waals surface area contributed by atoms with Gasteiger partial charge in [-0.3, -0.25) is 0 Å². The summed E-state index contributed by atoms with van der Waals surface area (Å²) >= 11 is 0. The fourth-order valence-electron chi connectivity index (χ4n) is 2.38. The molecule has 1 saturated carbocycles. The second kappa shape index (κ2) is 5.98. The van der Waals surface area contributed by atoms with Gasteiger partial charge in [-0.15, -0.1) is 0 Å². The van der Waals surface area contributed by atoms with E-state index in [0.29, 0.717) is 6.54 Å². The zero-order chi connectivity index (χ0) is 15.7. The van der Waals surface area contributed by atoms with Gasteiger partial charge >= 0.3 is 0 Å². The van der Waals surface area contributed by atoms with Gasteiger partial charge in [0.1, 0.15) is 10.7 Å². The summed E-state index contributed by atoms with van der Waals surface area (Å²) in [4.78, 5) is -0.495. The van der Waals surface area contributed by atoms with Gasteiger partial charge in [0.05, 0.1) is 0 Å². The van der Waals surface area contributed by atoms with Crippen molar-refractivity contribution in [2.45, 2.75) is 50.1 Å². The molecule has 21 heavy (non-hydrogen) atoms. The smallest absolute Gasteiger partial charge is 0.243 e. The largest absolute Gasteiger partial charge is 0.313 e. The van der Waals surface area contributed by atoms with Gasteiger partial charge in [0.15, 0.2) is 5.82 Å². The maximum absolute atomic E-state index is 14.4. The van der Waals surface area contributed by atoms with E-state index in [1.165, 1.54) is 0 Å². The average molecular weight is 318 g/mol. The third-order valence-corrected chi connectivity index (χ3v) is 5.49. The van der Waals surface area contributed by atoms with Crippen molar-refractivity contribution in [2.24, 2.45) is 0 Å². The number of halogens is 2. The summed E-state index contributed by atoms with van der Waals surface area (Å²) in [6, 6.07) is 1.97. The van der Waals surface area contributed by atoms with Crippen LogP contribution < -0.4 is 10.0 Å². The molecule has 4 nitrogen and oxygen atoms in total. The van der Waals surface area contributed by atoms with Crippen LogP contribution in [0.3, 0.4) is 0 Å². The van der Waals surface area contributed by atoms with E-state index in [2.05, 4.69) is 10.0 Å². The molecule has 0 saturated heterocycles. The van der Waals surface area contributed by atoms with E-state index in [9.17, 15) is 17.2 Å². The fourth-order valence-corrected chi connectivity index (χ4v) is 3.95. The van der Waals surface area contributed by atoms with Crippen molar-refractivity contribution in [3.8, 4) is 0 Å². The second-order valence-electron chi connectivity index (χ2n) is 5.64. The molecule has 0 aromatic heterocycles. The van der Waals surface area contributed by atoms with Gasteiger partial charge in [-0.2, -0.15) is 0 Å². The van der Waals surface area contributed by atoms with Gasteiger partial charge in [-0.1, -0.05) is 6.92 Å². The standard InChI is InChI=1S/C14H20F2N2O2S/c1-3-17-9-10-11(15)5-6-12(13(10)16)21(19,20)18-14(2)7-4-8-14/h5-6,17-18H,3-4,7-9H2,1-2H3. The zero-order valence-corrected chi connectivity index (χ0v) is 13.0. The Kier molecular flexibility index (Phi) is 4.65. The molecule has 7 heteroatoms. The Labute approximate surface area is 124 Å². The molecular formula is C14H20F2N2O2S. The van der Waals surface area contributed by atoms with Crippen LogP contribution in [0, 0.1) is 11.6 Å². The molecule has 118 valence electrons. The minimum Gasteiger partial charge on any atom is -0.313 e. The van der Waals surface area contributed by atoms with Crippen LogP contribution in [-0.4, -0.2) is 20.5 Å². The first-order valence-electron chi connectivity index (χ1n) is 7.01. The molecule has 0 bridgehead atoms. The van der Waals surface area contributed by atoms with E-state index < -0.39 is 32.1 Å². The maximum Gasteiger partial charge on any atom is 0.243 e. The Balaban J connectivity index is 2.34. The Morgan fingerprint density at radius 3 is 2.48 bits per heavy atom. The van der Waals surface area contributed by atoms with Crippen LogP contribution in [-0.2, 0) is 16.6 Å². The molecule has 1 aromatic carbocycles. The Bertz CT molecular complexity index is 628. The normalized spacial score (nSPS) is 17.5. The maximum atomic E-state index is 14.4. The molecular weight excluding hydrogens is 298 g/mol. The molecule has 1 aromatic rings. The highest BCUT2D eigenvalue weighted by molar-refractivity contribution is 7.89. The van der Waals surface area contributed by atoms with E-state index in [-0.39, 0.29) is 12.1 Å². The molecule has 0 radical (unpaired) electrons. The van der Waals surface area contributed by atoms with Gasteiger partial charge in [-0.25, -0.2) is 21.9 Å². The van der Waals surface area contributed by atoms with Gasteiger partial charge in [-0.05, 0) is 44.9 Å². The molecule has 0 unspecified atom stereocenters. The van der Waals surface area contributed by atoms with E-state index in [4.69, 9.17) is 0 Å². The number of nitrogens with one attached hydrogen (secondary N) is 2. The van der Waals surface area contributed by atoms with Crippen LogP contribution >= 0.6 is 0 Å². The molecule has 0 amide bonds. The van der Waals surface area contributed by atoms with Crippen molar-refractivity contribution >= 4 is 10.0 Å². The minimum absolute atomic E-state index is 0.0468. The van der Waals surface area contributed by atoms with E-state index in [0.717, 1.165) is 31.4 Å². The minimum atomic E-state index is -3.99. The highest BCUT2D eigenvalue weighted by Gasteiger charge is 2.37. The lowest BCUT2D eigenvalue weighted by Gasteiger charge is -2.38. The van der Waals surface area contributed by atoms with Crippen LogP contribution in [0.15, 0.2) is 17.0 Å². The lowest BCUT2D eigenvalue weighted by molar-refractivity contribution is 0.247. The molecule has 2 rings (SSSR count). The van der Waals surface area contributed by atoms with Crippen molar-refractivity contribution in [2.75, 3.05) is 6.54 Å². The van der Waals surface area contributed by atoms with Crippen LogP contribution in [0.5, 0.6) is 0 Å². The SMILES string of the molecule is CCNCc1c(F)ccc(S(=O)(=O)NC2(C)CCC2)c1F. The van der Waals surface area contributed by atoms with Crippen molar-refractivity contribution < 1.29 is 17.2 Å². The summed E-state index contributed by atoms with van der Waals surface area (Å²) in [5.74, 6) is -1.77. The predicted octanol–water partition coefficient (Wildman–Crippen LogP) is 2.30. The monoisotopic (exact) mass is 318 g/mol. The summed E-state index contributed by atoms with van der Waals surface area (Å²) in [5.41, 5.74) is -0.778. The Morgan fingerprint density at radius 2 is 1.95 bits per heavy atom. The molecule has 1 aliphatic carbocycles. The zero-order valence-electron chi connectivity index (χ0n) is 12.2. The summed E-state index contributed by atoms with van der Waals surface area (Å²) in [5, 5.41) is 2.80. The molecule has 1 fully saturated rings. The van der Waals surface area contributed by atoms with Gasteiger partial charge in [0.25, 0.3) is 0 Å². The molecule has 0 spiro atoms. The average Bonchev–Trinajstić information content (AvgIpc) is 2.36. The van der Waals surface area contributed by atoms with Gasteiger partial charge in [0.2, 0.25) is 10.0 Å². The highest BCUT2D eigenvalue weighted by atomic mass is 32.2. The van der Waals surface area contributed by atoms with Crippen LogP contribution in [0.4, 0.5) is 8.78 Å². The second-order valence-corrected chi connectivity index (χ2v) is 7.29. The first-order valence-corrected chi connectivity index (χ1v) is 8.49. The molecule has 0 atom stereocenters. The number of rotatable bonds is 6. The highest BCUT2D eigenvalue weighted by Crippen LogP contribution is 2.33. The molecule has 1 aliphatic rings. The van der Waals surface area contributed by atoms with Crippen LogP contribution in [0.25, 0.3) is 0 Å². The number of hydrogen-bond donors (Lipinski definition) is 2. The first kappa shape index (κ1) is 16.3. The van der Waals surface area contributed by atoms with Gasteiger partial charge < -0.3 is 5.32 Å². The first-order chi connectivity index (χ1) is 9.79. The van der Waals surface area contributed by atoms with E-state index in [1.54, 1.807) is 13.8 Å².